The molecule has 2 aromatic rings. The van der Waals surface area contributed by atoms with Crippen molar-refractivity contribution in [1.29, 1.82) is 0 Å². The van der Waals surface area contributed by atoms with E-state index in [0.29, 0.717) is 0 Å². The number of imidazole rings is 1. The molecule has 2 unspecified atom stereocenters. The molecule has 17 nitrogen and oxygen atoms in total. The Balaban J connectivity index is 1.69. The number of nitrogens with two attached hydrogens (primary N) is 1. The summed E-state index contributed by atoms with van der Waals surface area (Å²) in [6.07, 6.45) is -3.04. The Morgan fingerprint density at radius 1 is 1.13 bits per heavy atom. The Hall–Kier alpha value is -1.26. The van der Waals surface area contributed by atoms with Crippen LogP contribution in [-0.2, 0) is 31.6 Å². The van der Waals surface area contributed by atoms with Gasteiger partial charge >= 0.3 is 15.6 Å². The van der Waals surface area contributed by atoms with Gasteiger partial charge in [0.05, 0.1) is 20.5 Å². The number of rotatable bonds is 8. The standard InChI is InChI=1S/C10H18BN5O12P3/c11-29(19,27-31(23,24)28-30(20,21)22)25-1-4-6(17)7(18)10(26-4)16-3-15-5-8(12)13-2-14-9(5)16/h2-4,6-7,10,17-18H,1H2,11H3,(H,23,24)(H2,12,13,14)(H2,20,21,22)/q-1/t4-,6-,7-,10-,29?/m1/s1. The number of nitrogen functional groups attached to an aromatic ring is 1. The summed E-state index contributed by atoms with van der Waals surface area (Å²) in [6.45, 7) is -0.644. The van der Waals surface area contributed by atoms with E-state index in [1.807, 2.05) is 0 Å². The fourth-order valence-corrected chi connectivity index (χ4v) is 5.14. The van der Waals surface area contributed by atoms with Crippen LogP contribution in [0.5, 0.6) is 0 Å². The lowest BCUT2D eigenvalue weighted by Gasteiger charge is -2.24. The number of hydrogen-bond donors (Lipinski definition) is 6. The first-order valence-corrected chi connectivity index (χ1v) is 11.8. The summed E-state index contributed by atoms with van der Waals surface area (Å²) < 4.78 is 54.3. The molecule has 1 aliphatic rings. The van der Waals surface area contributed by atoms with Crippen molar-refractivity contribution in [2.45, 2.75) is 24.5 Å². The lowest BCUT2D eigenvalue weighted by Crippen LogP contribution is -2.33. The highest BCUT2D eigenvalue weighted by Gasteiger charge is 2.45. The van der Waals surface area contributed by atoms with Crippen molar-refractivity contribution in [1.82, 2.24) is 19.5 Å². The van der Waals surface area contributed by atoms with Crippen LogP contribution in [-0.4, -0.2) is 76.9 Å². The molecule has 2 aromatic heterocycles. The third-order valence-electron chi connectivity index (χ3n) is 3.72. The van der Waals surface area contributed by atoms with E-state index in [4.69, 9.17) is 24.8 Å². The summed E-state index contributed by atoms with van der Waals surface area (Å²) in [5, 5.41) is 20.6. The number of aliphatic hydroxyl groups excluding tert-OH is 2. The molecule has 0 spiro atoms. The minimum absolute atomic E-state index is 0.0839. The molecule has 6 atom stereocenters. The van der Waals surface area contributed by atoms with Gasteiger partial charge in [-0.3, -0.25) is 4.57 Å². The summed E-state index contributed by atoms with van der Waals surface area (Å²) in [7, 11) is -16.4. The van der Waals surface area contributed by atoms with E-state index in [1.54, 1.807) is 0 Å². The number of aliphatic hydroxyl groups is 2. The quantitative estimate of drug-likeness (QED) is 0.164. The van der Waals surface area contributed by atoms with Gasteiger partial charge in [-0.2, -0.15) is 4.31 Å². The van der Waals surface area contributed by atoms with Gasteiger partial charge in [-0.05, 0) is 0 Å². The second kappa shape index (κ2) is 8.59. The molecule has 3 rings (SSSR count). The Bertz CT molecular complexity index is 1110. The molecule has 174 valence electrons. The van der Waals surface area contributed by atoms with Crippen molar-refractivity contribution in [3.63, 3.8) is 0 Å². The number of hydrogen-bond acceptors (Lipinski definition) is 13. The van der Waals surface area contributed by atoms with Crippen molar-refractivity contribution in [2.24, 2.45) is 0 Å². The van der Waals surface area contributed by atoms with Gasteiger partial charge in [0.15, 0.2) is 25.2 Å². The monoisotopic (exact) mass is 504 g/mol. The minimum Gasteiger partial charge on any atom is -0.387 e. The van der Waals surface area contributed by atoms with Crippen LogP contribution in [0.1, 0.15) is 6.23 Å². The molecule has 0 aliphatic carbocycles. The third kappa shape index (κ3) is 5.76. The average molecular weight is 504 g/mol. The predicted molar refractivity (Wildman–Crippen MR) is 103 cm³/mol. The second-order valence-electron chi connectivity index (χ2n) is 5.77. The van der Waals surface area contributed by atoms with Crippen LogP contribution in [0.4, 0.5) is 5.82 Å². The molecule has 7 N–H and O–H groups in total. The Kier molecular flexibility index (Phi) is 6.76. The van der Waals surface area contributed by atoms with Crippen molar-refractivity contribution in [3.8, 4) is 0 Å². The van der Waals surface area contributed by atoms with Crippen LogP contribution in [0.25, 0.3) is 11.2 Å². The van der Waals surface area contributed by atoms with Crippen molar-refractivity contribution in [3.05, 3.63) is 12.7 Å². The van der Waals surface area contributed by atoms with Gasteiger partial charge in [-0.15, -0.1) is 0 Å². The summed E-state index contributed by atoms with van der Waals surface area (Å²) in [4.78, 5) is 38.3. The zero-order valence-electron chi connectivity index (χ0n) is 14.5. The minimum atomic E-state index is -5.40. The molecule has 0 aromatic carbocycles. The van der Waals surface area contributed by atoms with Gasteiger partial charge < -0.3 is 44.5 Å². The first-order valence-electron chi connectivity index (χ1n) is 7.72. The highest BCUT2D eigenvalue weighted by molar-refractivity contribution is 7.84. The lowest BCUT2D eigenvalue weighted by atomic mass is 10.1. The topological polar surface area (TPSA) is 259 Å². The van der Waals surface area contributed by atoms with Gasteiger partial charge in [0, 0.05) is 0 Å². The fourth-order valence-electron chi connectivity index (χ4n) is 2.54. The molecule has 0 saturated carbocycles. The van der Waals surface area contributed by atoms with Gasteiger partial charge in [-0.1, -0.05) is 0 Å². The maximum atomic E-state index is 12.3. The fraction of sp³-hybridized carbons (Fsp3) is 0.500. The summed E-state index contributed by atoms with van der Waals surface area (Å²) in [5.74, 6) is 0.0839. The lowest BCUT2D eigenvalue weighted by molar-refractivity contribution is -0.0479. The molecule has 21 heteroatoms. The second-order valence-corrected chi connectivity index (χ2v) is 9.70. The van der Waals surface area contributed by atoms with E-state index in [2.05, 4.69) is 23.6 Å². The molecule has 0 bridgehead atoms. The van der Waals surface area contributed by atoms with Crippen molar-refractivity contribution in [2.75, 3.05) is 12.3 Å². The zero-order chi connectivity index (χ0) is 23.2. The Morgan fingerprint density at radius 2 is 1.81 bits per heavy atom. The van der Waals surface area contributed by atoms with Crippen LogP contribution in [0.2, 0.25) is 0 Å². The summed E-state index contributed by atoms with van der Waals surface area (Å²) >= 11 is 0. The summed E-state index contributed by atoms with van der Waals surface area (Å²) in [5.41, 5.74) is 6.15. The van der Waals surface area contributed by atoms with Gasteiger partial charge in [0.2, 0.25) is 0 Å². The molecule has 31 heavy (non-hydrogen) atoms. The van der Waals surface area contributed by atoms with E-state index in [9.17, 15) is 28.8 Å². The number of ether oxygens (including phenoxy) is 1. The van der Waals surface area contributed by atoms with Crippen LogP contribution in [0.15, 0.2) is 12.7 Å². The number of aromatic nitrogens is 4. The van der Waals surface area contributed by atoms with E-state index < -0.39 is 61.8 Å². The normalized spacial score (nSPS) is 28.5. The highest BCUT2D eigenvalue weighted by Crippen LogP contribution is 2.66. The van der Waals surface area contributed by atoms with E-state index >= 15 is 0 Å². The SMILES string of the molecule is [BH3-]P(=O)(OC[C@H]1O[C@@H](n2cnc3c(N)ncnc32)[C@H](O)[C@@H]1O)OP(=O)(O)OP(=O)(O)O. The molecule has 1 fully saturated rings. The maximum absolute atomic E-state index is 12.3. The van der Waals surface area contributed by atoms with E-state index in [0.717, 1.165) is 0 Å². The molecule has 3 heterocycles. The van der Waals surface area contributed by atoms with Crippen molar-refractivity contribution < 1.29 is 56.5 Å². The van der Waals surface area contributed by atoms with Gasteiger partial charge in [0.1, 0.15) is 30.2 Å². The molecular formula is C10H18BN5O12P3-. The number of fused-ring (bicyclic) bond motifs is 1. The van der Waals surface area contributed by atoms with Crippen molar-refractivity contribution >= 4 is 47.7 Å². The Morgan fingerprint density at radius 3 is 2.45 bits per heavy atom. The van der Waals surface area contributed by atoms with Gasteiger partial charge in [-0.25, -0.2) is 28.4 Å². The summed E-state index contributed by atoms with van der Waals surface area (Å²) in [6, 6.07) is 0. The molecular weight excluding hydrogens is 486 g/mol. The molecule has 1 saturated heterocycles. The zero-order valence-corrected chi connectivity index (χ0v) is 17.2. The smallest absolute Gasteiger partial charge is 0.387 e. The molecule has 1 aliphatic heterocycles. The molecule has 0 radical (unpaired) electrons. The number of phosphoric acid groups is 2. The van der Waals surface area contributed by atoms with Crippen LogP contribution in [0, 0.1) is 0 Å². The molecule has 0 amide bonds. The van der Waals surface area contributed by atoms with Crippen LogP contribution >= 0.6 is 23.1 Å². The first-order chi connectivity index (χ1) is 14.2. The third-order valence-corrected chi connectivity index (χ3v) is 7.12. The first kappa shape index (κ1) is 24.4. The van der Waals surface area contributed by atoms with Crippen LogP contribution in [0.3, 0.4) is 0 Å². The maximum Gasteiger partial charge on any atom is 0.485 e. The van der Waals surface area contributed by atoms with Gasteiger partial charge in [0.25, 0.3) is 0 Å². The van der Waals surface area contributed by atoms with Crippen LogP contribution < -0.4 is 5.73 Å². The van der Waals surface area contributed by atoms with E-state index in [1.165, 1.54) is 17.2 Å². The van der Waals surface area contributed by atoms with E-state index in [-0.39, 0.29) is 17.0 Å². The number of nitrogens with zero attached hydrogens (tertiary/aromatic N) is 4. The average Bonchev–Trinajstić information content (AvgIpc) is 3.13. The largest absolute Gasteiger partial charge is 0.485 e. The predicted octanol–water partition coefficient (Wildman–Crippen LogP) is -2.26. The number of anilines is 1. The Labute approximate surface area is 173 Å². The highest BCUT2D eigenvalue weighted by atomic mass is 31.3.